The molecule has 1 fully saturated rings. The molecule has 5 heteroatoms. The van der Waals surface area contributed by atoms with Crippen LogP contribution in [-0.4, -0.2) is 36.7 Å². The highest BCUT2D eigenvalue weighted by molar-refractivity contribution is 6.25. The molecule has 1 aliphatic heterocycles. The first-order valence-corrected chi connectivity index (χ1v) is 4.80. The van der Waals surface area contributed by atoms with Crippen LogP contribution in [0.2, 0.25) is 6.32 Å². The van der Waals surface area contributed by atoms with Gasteiger partial charge in [-0.3, -0.25) is 4.79 Å². The van der Waals surface area contributed by atoms with Gasteiger partial charge in [0.1, 0.15) is 0 Å². The van der Waals surface area contributed by atoms with Crippen LogP contribution in [0.4, 0.5) is 0 Å². The molecule has 2 unspecified atom stereocenters. The van der Waals surface area contributed by atoms with Crippen LogP contribution in [0, 0.1) is 11.8 Å². The molecule has 2 atom stereocenters. The van der Waals surface area contributed by atoms with E-state index in [2.05, 4.69) is 5.32 Å². The molecule has 0 bridgehead atoms. The van der Waals surface area contributed by atoms with Gasteiger partial charge < -0.3 is 15.4 Å². The van der Waals surface area contributed by atoms with Crippen LogP contribution in [0.25, 0.3) is 0 Å². The van der Waals surface area contributed by atoms with Gasteiger partial charge in [-0.05, 0) is 18.9 Å². The van der Waals surface area contributed by atoms with E-state index in [0.717, 1.165) is 25.7 Å². The Hall–Kier alpha value is -0.545. The summed E-state index contributed by atoms with van der Waals surface area (Å²) in [7, 11) is 0.206. The number of hydrogen-bond acceptors (Lipinski definition) is 3. The van der Waals surface area contributed by atoms with E-state index < -0.39 is 5.97 Å². The van der Waals surface area contributed by atoms with Crippen molar-refractivity contribution in [3.05, 3.63) is 0 Å². The number of carboxylic acid groups (broad SMARTS) is 1. The maximum absolute atomic E-state index is 10.8. The quantitative estimate of drug-likeness (QED) is 0.397. The highest BCUT2D eigenvalue weighted by Gasteiger charge is 2.31. The molecule has 0 aromatic rings. The van der Waals surface area contributed by atoms with Crippen molar-refractivity contribution in [2.24, 2.45) is 11.8 Å². The SMILES string of the molecule is O=C(O)C1CNCC1CCCBO. The summed E-state index contributed by atoms with van der Waals surface area (Å²) in [5.74, 6) is -0.665. The Kier molecular flexibility index (Phi) is 4.25. The highest BCUT2D eigenvalue weighted by Crippen LogP contribution is 2.22. The number of carboxylic acids is 1. The van der Waals surface area contributed by atoms with Gasteiger partial charge in [-0.25, -0.2) is 0 Å². The van der Waals surface area contributed by atoms with Crippen LogP contribution in [0.1, 0.15) is 12.8 Å². The molecule has 0 aliphatic carbocycles. The topological polar surface area (TPSA) is 69.6 Å². The molecule has 3 N–H and O–H groups in total. The minimum atomic E-state index is -0.695. The summed E-state index contributed by atoms with van der Waals surface area (Å²) in [6.45, 7) is 1.40. The molecule has 1 heterocycles. The summed E-state index contributed by atoms with van der Waals surface area (Å²) in [6, 6.07) is 0. The van der Waals surface area contributed by atoms with Gasteiger partial charge in [0.15, 0.2) is 0 Å². The second-order valence-corrected chi connectivity index (χ2v) is 3.58. The highest BCUT2D eigenvalue weighted by atomic mass is 16.4. The van der Waals surface area contributed by atoms with E-state index in [1.165, 1.54) is 0 Å². The Morgan fingerprint density at radius 1 is 1.54 bits per heavy atom. The Labute approximate surface area is 78.6 Å². The van der Waals surface area contributed by atoms with Crippen molar-refractivity contribution in [2.75, 3.05) is 13.1 Å². The first-order chi connectivity index (χ1) is 6.25. The zero-order valence-electron chi connectivity index (χ0n) is 7.70. The van der Waals surface area contributed by atoms with Gasteiger partial charge in [0, 0.05) is 6.54 Å². The molecular weight excluding hydrogens is 169 g/mol. The minimum Gasteiger partial charge on any atom is -0.481 e. The van der Waals surface area contributed by atoms with Gasteiger partial charge in [-0.2, -0.15) is 0 Å². The van der Waals surface area contributed by atoms with Crippen molar-refractivity contribution in [1.29, 1.82) is 0 Å². The summed E-state index contributed by atoms with van der Waals surface area (Å²) < 4.78 is 0. The lowest BCUT2D eigenvalue weighted by Gasteiger charge is -2.13. The van der Waals surface area contributed by atoms with E-state index in [1.807, 2.05) is 0 Å². The molecule has 0 amide bonds. The van der Waals surface area contributed by atoms with Crippen molar-refractivity contribution in [3.8, 4) is 0 Å². The predicted molar refractivity (Wildman–Crippen MR) is 50.9 cm³/mol. The van der Waals surface area contributed by atoms with E-state index in [4.69, 9.17) is 10.1 Å². The fourth-order valence-electron chi connectivity index (χ4n) is 1.84. The zero-order chi connectivity index (χ0) is 9.68. The summed E-state index contributed by atoms with van der Waals surface area (Å²) in [4.78, 5) is 10.8. The monoisotopic (exact) mass is 185 g/mol. The third-order valence-electron chi connectivity index (χ3n) is 2.64. The number of aliphatic carboxylic acids is 1. The summed E-state index contributed by atoms with van der Waals surface area (Å²) >= 11 is 0. The molecule has 0 aromatic heterocycles. The second-order valence-electron chi connectivity index (χ2n) is 3.58. The minimum absolute atomic E-state index is 0.206. The van der Waals surface area contributed by atoms with E-state index in [0.29, 0.717) is 6.54 Å². The first kappa shape index (κ1) is 10.5. The van der Waals surface area contributed by atoms with Crippen molar-refractivity contribution in [1.82, 2.24) is 5.32 Å². The van der Waals surface area contributed by atoms with Gasteiger partial charge in [-0.15, -0.1) is 0 Å². The average Bonchev–Trinajstić information content (AvgIpc) is 2.53. The van der Waals surface area contributed by atoms with Crippen LogP contribution in [0.3, 0.4) is 0 Å². The number of nitrogens with one attached hydrogen (secondary N) is 1. The third-order valence-corrected chi connectivity index (χ3v) is 2.64. The van der Waals surface area contributed by atoms with E-state index in [1.54, 1.807) is 0 Å². The largest absolute Gasteiger partial charge is 0.481 e. The fraction of sp³-hybridized carbons (Fsp3) is 0.875. The van der Waals surface area contributed by atoms with Crippen LogP contribution in [0.15, 0.2) is 0 Å². The van der Waals surface area contributed by atoms with Gasteiger partial charge >= 0.3 is 5.97 Å². The molecule has 1 rings (SSSR count). The van der Waals surface area contributed by atoms with Crippen LogP contribution in [0.5, 0.6) is 0 Å². The lowest BCUT2D eigenvalue weighted by atomic mass is 9.86. The first-order valence-electron chi connectivity index (χ1n) is 4.80. The fourth-order valence-corrected chi connectivity index (χ4v) is 1.84. The molecule has 0 spiro atoms. The molecular formula is C8H16BNO3. The third kappa shape index (κ3) is 3.01. The van der Waals surface area contributed by atoms with Gasteiger partial charge in [0.2, 0.25) is 0 Å². The van der Waals surface area contributed by atoms with Gasteiger partial charge in [-0.1, -0.05) is 12.7 Å². The molecule has 1 aliphatic rings. The van der Waals surface area contributed by atoms with Crippen molar-refractivity contribution in [3.63, 3.8) is 0 Å². The Balaban J connectivity index is 2.27. The van der Waals surface area contributed by atoms with Crippen molar-refractivity contribution < 1.29 is 14.9 Å². The Bertz CT molecular complexity index is 177. The summed E-state index contributed by atoms with van der Waals surface area (Å²) in [6.07, 6.45) is 2.61. The molecule has 4 nitrogen and oxygen atoms in total. The number of carbonyl (C=O) groups is 1. The molecule has 13 heavy (non-hydrogen) atoms. The average molecular weight is 185 g/mol. The number of hydrogen-bond donors (Lipinski definition) is 3. The van der Waals surface area contributed by atoms with Crippen LogP contribution >= 0.6 is 0 Å². The van der Waals surface area contributed by atoms with Crippen LogP contribution < -0.4 is 5.32 Å². The Morgan fingerprint density at radius 2 is 2.31 bits per heavy atom. The normalized spacial score (nSPS) is 27.5. The Morgan fingerprint density at radius 3 is 2.92 bits per heavy atom. The van der Waals surface area contributed by atoms with E-state index in [-0.39, 0.29) is 19.3 Å². The summed E-state index contributed by atoms with van der Waals surface area (Å²) in [5.41, 5.74) is 0. The van der Waals surface area contributed by atoms with Crippen LogP contribution in [-0.2, 0) is 4.79 Å². The molecule has 1 saturated heterocycles. The lowest BCUT2D eigenvalue weighted by molar-refractivity contribution is -0.142. The predicted octanol–water partition coefficient (Wildman–Crippen LogP) is -0.551. The summed E-state index contributed by atoms with van der Waals surface area (Å²) in [5, 5.41) is 20.5. The van der Waals surface area contributed by atoms with Crippen molar-refractivity contribution in [2.45, 2.75) is 19.2 Å². The molecule has 0 radical (unpaired) electrons. The maximum Gasteiger partial charge on any atom is 0.308 e. The van der Waals surface area contributed by atoms with E-state index >= 15 is 0 Å². The van der Waals surface area contributed by atoms with Gasteiger partial charge in [0.05, 0.1) is 5.92 Å². The number of rotatable bonds is 5. The molecule has 0 aromatic carbocycles. The lowest BCUT2D eigenvalue weighted by Crippen LogP contribution is -2.22. The zero-order valence-corrected chi connectivity index (χ0v) is 7.70. The van der Waals surface area contributed by atoms with Crippen molar-refractivity contribution >= 4 is 13.5 Å². The second kappa shape index (κ2) is 5.24. The molecule has 0 saturated carbocycles. The smallest absolute Gasteiger partial charge is 0.308 e. The van der Waals surface area contributed by atoms with Gasteiger partial charge in [0.25, 0.3) is 7.48 Å². The standard InChI is InChI=1S/C8H16BNO3/c11-8(12)7-5-10-4-6(7)2-1-3-9-13/h6-7,9-10,13H,1-5H2,(H,11,12). The maximum atomic E-state index is 10.8. The molecule has 74 valence electrons. The van der Waals surface area contributed by atoms with E-state index in [9.17, 15) is 4.79 Å².